The highest BCUT2D eigenvalue weighted by Gasteiger charge is 2.45. The Morgan fingerprint density at radius 3 is 2.50 bits per heavy atom. The summed E-state index contributed by atoms with van der Waals surface area (Å²) in [7, 11) is 0. The van der Waals surface area contributed by atoms with Crippen molar-refractivity contribution in [3.05, 3.63) is 57.8 Å². The molecule has 3 heterocycles. The van der Waals surface area contributed by atoms with Gasteiger partial charge in [-0.1, -0.05) is 30.3 Å². The highest BCUT2D eigenvalue weighted by Crippen LogP contribution is 2.44. The van der Waals surface area contributed by atoms with Gasteiger partial charge in [-0.05, 0) is 61.2 Å². The molecule has 2 aromatic rings. The summed E-state index contributed by atoms with van der Waals surface area (Å²) in [5.41, 5.74) is 1.45. The third kappa shape index (κ3) is 5.70. The SMILES string of the molecule is CC(C)(C)OC(=O)N1C2CCC1CN(c1cc(F)c3c(c1Br)OC[C@H](NC(=O)OCc1ccccc1)C3)C2. The molecule has 0 spiro atoms. The Bertz CT molecular complexity index is 1190. The maximum Gasteiger partial charge on any atom is 0.410 e. The zero-order valence-electron chi connectivity index (χ0n) is 21.8. The second kappa shape index (κ2) is 10.6. The average Bonchev–Trinajstić information content (AvgIpc) is 3.14. The molecule has 1 N–H and O–H groups in total. The third-order valence-electron chi connectivity index (χ3n) is 7.09. The molecule has 2 aromatic carbocycles. The van der Waals surface area contributed by atoms with Crippen LogP contribution in [0.1, 0.15) is 44.7 Å². The molecule has 204 valence electrons. The van der Waals surface area contributed by atoms with Gasteiger partial charge in [0.2, 0.25) is 0 Å². The molecule has 2 amide bonds. The van der Waals surface area contributed by atoms with Gasteiger partial charge in [0.15, 0.2) is 0 Å². The second-order valence-electron chi connectivity index (χ2n) is 11.1. The molecule has 2 bridgehead atoms. The standard InChI is InChI=1S/C28H33BrFN3O5/c1-28(2,3)38-27(35)33-19-9-10-20(33)14-32(13-19)23-12-22(30)21-11-18(16-36-25(21)24(23)29)31-26(34)37-15-17-7-5-4-6-8-17/h4-8,12,18-20H,9-11,13-16H2,1-3H3,(H,31,34)/t18-,19?,20?/m1/s1. The van der Waals surface area contributed by atoms with Crippen LogP contribution in [-0.4, -0.2) is 60.5 Å². The summed E-state index contributed by atoms with van der Waals surface area (Å²) in [6, 6.07) is 10.5. The molecule has 0 saturated carbocycles. The lowest BCUT2D eigenvalue weighted by molar-refractivity contribution is 0.0123. The van der Waals surface area contributed by atoms with Crippen LogP contribution in [-0.2, 0) is 22.5 Å². The monoisotopic (exact) mass is 589 g/mol. The summed E-state index contributed by atoms with van der Waals surface area (Å²) in [6.45, 7) is 7.13. The highest BCUT2D eigenvalue weighted by molar-refractivity contribution is 9.10. The van der Waals surface area contributed by atoms with Crippen molar-refractivity contribution in [3.63, 3.8) is 0 Å². The third-order valence-corrected chi connectivity index (χ3v) is 7.86. The summed E-state index contributed by atoms with van der Waals surface area (Å²) in [5.74, 6) is 0.0712. The van der Waals surface area contributed by atoms with Crippen molar-refractivity contribution in [2.45, 2.75) is 70.4 Å². The molecule has 2 unspecified atom stereocenters. The van der Waals surface area contributed by atoms with Crippen molar-refractivity contribution in [2.24, 2.45) is 0 Å². The molecule has 8 nitrogen and oxygen atoms in total. The minimum Gasteiger partial charge on any atom is -0.490 e. The summed E-state index contributed by atoms with van der Waals surface area (Å²) in [5, 5.41) is 2.78. The Hall–Kier alpha value is -3.01. The molecule has 38 heavy (non-hydrogen) atoms. The Morgan fingerprint density at radius 2 is 1.84 bits per heavy atom. The van der Waals surface area contributed by atoms with Crippen LogP contribution in [0.5, 0.6) is 5.75 Å². The molecule has 2 saturated heterocycles. The molecule has 3 atom stereocenters. The minimum absolute atomic E-state index is 0.00555. The van der Waals surface area contributed by atoms with E-state index in [1.807, 2.05) is 56.0 Å². The number of ether oxygens (including phenoxy) is 3. The topological polar surface area (TPSA) is 80.3 Å². The molecule has 5 rings (SSSR count). The van der Waals surface area contributed by atoms with Crippen LogP contribution in [0.2, 0.25) is 0 Å². The van der Waals surface area contributed by atoms with Crippen molar-refractivity contribution in [1.29, 1.82) is 0 Å². The molecule has 10 heteroatoms. The maximum absolute atomic E-state index is 15.4. The Morgan fingerprint density at radius 1 is 1.16 bits per heavy atom. The van der Waals surface area contributed by atoms with Crippen LogP contribution in [0.3, 0.4) is 0 Å². The number of halogens is 2. The summed E-state index contributed by atoms with van der Waals surface area (Å²) >= 11 is 3.65. The first-order valence-corrected chi connectivity index (χ1v) is 13.8. The number of nitrogens with zero attached hydrogens (tertiary/aromatic N) is 2. The maximum atomic E-state index is 15.4. The lowest BCUT2D eigenvalue weighted by atomic mass is 10.0. The molecular formula is C28H33BrFN3O5. The minimum atomic E-state index is -0.569. The first-order chi connectivity index (χ1) is 18.1. The van der Waals surface area contributed by atoms with Gasteiger partial charge in [-0.25, -0.2) is 14.0 Å². The molecule has 0 aromatic heterocycles. The van der Waals surface area contributed by atoms with Gasteiger partial charge in [0.25, 0.3) is 0 Å². The van der Waals surface area contributed by atoms with E-state index in [0.717, 1.165) is 18.4 Å². The first-order valence-electron chi connectivity index (χ1n) is 13.0. The molecule has 2 fully saturated rings. The smallest absolute Gasteiger partial charge is 0.410 e. The van der Waals surface area contributed by atoms with E-state index in [1.54, 1.807) is 0 Å². The van der Waals surface area contributed by atoms with Crippen LogP contribution >= 0.6 is 15.9 Å². The van der Waals surface area contributed by atoms with Gasteiger partial charge in [-0.3, -0.25) is 4.90 Å². The number of nitrogens with one attached hydrogen (secondary N) is 1. The lowest BCUT2D eigenvalue weighted by Crippen LogP contribution is -2.57. The lowest BCUT2D eigenvalue weighted by Gasteiger charge is -2.43. The fourth-order valence-electron chi connectivity index (χ4n) is 5.42. The number of alkyl carbamates (subject to hydrolysis) is 1. The summed E-state index contributed by atoms with van der Waals surface area (Å²) in [4.78, 5) is 29.1. The average molecular weight is 590 g/mol. The van der Waals surface area contributed by atoms with E-state index in [9.17, 15) is 9.59 Å². The van der Waals surface area contributed by atoms with Crippen LogP contribution in [0.25, 0.3) is 0 Å². The summed E-state index contributed by atoms with van der Waals surface area (Å²) in [6.07, 6.45) is 1.20. The number of fused-ring (bicyclic) bond motifs is 3. The quantitative estimate of drug-likeness (QED) is 0.514. The van der Waals surface area contributed by atoms with Crippen molar-refractivity contribution >= 4 is 33.8 Å². The second-order valence-corrected chi connectivity index (χ2v) is 11.9. The van der Waals surface area contributed by atoms with Crippen molar-refractivity contribution in [3.8, 4) is 5.75 Å². The van der Waals surface area contributed by atoms with E-state index in [1.165, 1.54) is 6.07 Å². The van der Waals surface area contributed by atoms with E-state index in [-0.39, 0.29) is 43.6 Å². The van der Waals surface area contributed by atoms with Gasteiger partial charge in [-0.2, -0.15) is 0 Å². The molecule has 3 aliphatic heterocycles. The normalized spacial score (nSPS) is 22.4. The van der Waals surface area contributed by atoms with Crippen LogP contribution < -0.4 is 15.0 Å². The number of hydrogen-bond acceptors (Lipinski definition) is 6. The number of hydrogen-bond donors (Lipinski definition) is 1. The Kier molecular flexibility index (Phi) is 7.44. The molecular weight excluding hydrogens is 557 g/mol. The van der Waals surface area contributed by atoms with Crippen LogP contribution in [0, 0.1) is 5.82 Å². The van der Waals surface area contributed by atoms with Crippen molar-refractivity contribution < 1.29 is 28.2 Å². The number of anilines is 1. The predicted molar refractivity (Wildman–Crippen MR) is 144 cm³/mol. The van der Waals surface area contributed by atoms with Crippen LogP contribution in [0.15, 0.2) is 40.9 Å². The number of rotatable bonds is 4. The first kappa shape index (κ1) is 26.6. The number of carbonyl (C=O) groups is 2. The van der Waals surface area contributed by atoms with Crippen LogP contribution in [0.4, 0.5) is 19.7 Å². The van der Waals surface area contributed by atoms with E-state index in [2.05, 4.69) is 26.1 Å². The zero-order valence-corrected chi connectivity index (χ0v) is 23.4. The largest absolute Gasteiger partial charge is 0.490 e. The fourth-order valence-corrected chi connectivity index (χ4v) is 6.14. The van der Waals surface area contributed by atoms with Gasteiger partial charge < -0.3 is 24.4 Å². The fraction of sp³-hybridized carbons (Fsp3) is 0.500. The number of carbonyl (C=O) groups excluding carboxylic acids is 2. The Labute approximate surface area is 230 Å². The van der Waals surface area contributed by atoms with Gasteiger partial charge in [0, 0.05) is 25.1 Å². The van der Waals surface area contributed by atoms with Gasteiger partial charge in [0.05, 0.1) is 28.3 Å². The van der Waals surface area contributed by atoms with E-state index in [4.69, 9.17) is 14.2 Å². The predicted octanol–water partition coefficient (Wildman–Crippen LogP) is 5.41. The van der Waals surface area contributed by atoms with Crippen molar-refractivity contribution in [1.82, 2.24) is 10.2 Å². The van der Waals surface area contributed by atoms with E-state index < -0.39 is 17.7 Å². The highest BCUT2D eigenvalue weighted by atomic mass is 79.9. The van der Waals surface area contributed by atoms with E-state index in [0.29, 0.717) is 34.6 Å². The summed E-state index contributed by atoms with van der Waals surface area (Å²) < 4.78 is 33.0. The number of benzene rings is 2. The zero-order chi connectivity index (χ0) is 27.0. The number of piperazine rings is 1. The van der Waals surface area contributed by atoms with Gasteiger partial charge in [0.1, 0.15) is 30.4 Å². The number of amides is 2. The van der Waals surface area contributed by atoms with Gasteiger partial charge in [-0.15, -0.1) is 0 Å². The molecule has 3 aliphatic rings. The Balaban J connectivity index is 1.24. The van der Waals surface area contributed by atoms with E-state index >= 15 is 4.39 Å². The van der Waals surface area contributed by atoms with Crippen molar-refractivity contribution in [2.75, 3.05) is 24.6 Å². The molecule has 0 radical (unpaired) electrons. The molecule has 0 aliphatic carbocycles. The van der Waals surface area contributed by atoms with Gasteiger partial charge >= 0.3 is 12.2 Å².